The van der Waals surface area contributed by atoms with Crippen LogP contribution in [0.1, 0.15) is 32.3 Å². The summed E-state index contributed by atoms with van der Waals surface area (Å²) in [5.74, 6) is 5.76. The van der Waals surface area contributed by atoms with E-state index in [1.807, 2.05) is 6.07 Å². The first-order valence-electron chi connectivity index (χ1n) is 6.25. The molecule has 4 heteroatoms. The summed E-state index contributed by atoms with van der Waals surface area (Å²) in [4.78, 5) is 2.28. The number of hydrogen-bond acceptors (Lipinski definition) is 4. The Morgan fingerprint density at radius 3 is 2.41 bits per heavy atom. The lowest BCUT2D eigenvalue weighted by atomic mass is 9.81. The van der Waals surface area contributed by atoms with E-state index in [4.69, 9.17) is 10.3 Å². The molecule has 0 aliphatic heterocycles. The molecule has 1 aromatic rings. The van der Waals surface area contributed by atoms with Crippen molar-refractivity contribution >= 4 is 0 Å². The summed E-state index contributed by atoms with van der Waals surface area (Å²) in [6.45, 7) is 4.42. The first kappa shape index (κ1) is 14.2. The second kappa shape index (κ2) is 6.19. The van der Waals surface area contributed by atoms with E-state index in [0.29, 0.717) is 0 Å². The highest BCUT2D eigenvalue weighted by Gasteiger charge is 2.37. The molecule has 0 saturated heterocycles. The summed E-state index contributed by atoms with van der Waals surface area (Å²) in [6.07, 6.45) is 6.49. The van der Waals surface area contributed by atoms with Crippen LogP contribution < -0.4 is 11.3 Å². The Balaban J connectivity index is 2.89. The van der Waals surface area contributed by atoms with E-state index in [2.05, 4.69) is 38.3 Å². The molecule has 0 aliphatic carbocycles. The Labute approximate surface area is 104 Å². The largest absolute Gasteiger partial charge is 0.472 e. The van der Waals surface area contributed by atoms with Gasteiger partial charge in [-0.3, -0.25) is 11.3 Å². The van der Waals surface area contributed by atoms with Gasteiger partial charge < -0.3 is 9.32 Å². The number of likely N-dealkylation sites (N-methyl/N-ethyl adjacent to an activating group) is 1. The smallest absolute Gasteiger partial charge is 0.0935 e. The second-order valence-electron chi connectivity index (χ2n) is 4.76. The Kier molecular flexibility index (Phi) is 5.18. The fourth-order valence-electron chi connectivity index (χ4n) is 2.74. The van der Waals surface area contributed by atoms with Gasteiger partial charge in [0.2, 0.25) is 0 Å². The zero-order valence-corrected chi connectivity index (χ0v) is 11.4. The molecule has 1 aromatic heterocycles. The quantitative estimate of drug-likeness (QED) is 0.562. The van der Waals surface area contributed by atoms with Crippen LogP contribution >= 0.6 is 0 Å². The Bertz CT molecular complexity index is 304. The van der Waals surface area contributed by atoms with Crippen molar-refractivity contribution in [3.63, 3.8) is 0 Å². The average molecular weight is 239 g/mol. The van der Waals surface area contributed by atoms with Gasteiger partial charge in [-0.2, -0.15) is 0 Å². The van der Waals surface area contributed by atoms with Crippen molar-refractivity contribution in [2.75, 3.05) is 14.1 Å². The van der Waals surface area contributed by atoms with Crippen LogP contribution in [0.2, 0.25) is 0 Å². The van der Waals surface area contributed by atoms with Gasteiger partial charge >= 0.3 is 0 Å². The second-order valence-corrected chi connectivity index (χ2v) is 4.76. The predicted molar refractivity (Wildman–Crippen MR) is 70.5 cm³/mol. The van der Waals surface area contributed by atoms with Crippen LogP contribution in [0.4, 0.5) is 0 Å². The summed E-state index contributed by atoms with van der Waals surface area (Å²) in [5.41, 5.74) is 4.24. The van der Waals surface area contributed by atoms with E-state index in [9.17, 15) is 0 Å². The van der Waals surface area contributed by atoms with Crippen LogP contribution in [-0.2, 0) is 6.42 Å². The molecule has 0 aliphatic rings. The van der Waals surface area contributed by atoms with E-state index < -0.39 is 0 Å². The summed E-state index contributed by atoms with van der Waals surface area (Å²) in [7, 11) is 4.24. The molecule has 1 atom stereocenters. The standard InChI is InChI=1S/C13H25N3O/c1-5-13(6-2,16(3)4)12(15-14)9-11-7-8-17-10-11/h7-8,10,12,15H,5-6,9,14H2,1-4H3. The van der Waals surface area contributed by atoms with Crippen LogP contribution in [0.25, 0.3) is 0 Å². The third-order valence-corrected chi connectivity index (χ3v) is 3.98. The van der Waals surface area contributed by atoms with Gasteiger partial charge in [-0.05, 0) is 45.0 Å². The summed E-state index contributed by atoms with van der Waals surface area (Å²) < 4.78 is 5.12. The maximum Gasteiger partial charge on any atom is 0.0935 e. The minimum atomic E-state index is 0.0754. The molecule has 0 amide bonds. The van der Waals surface area contributed by atoms with Crippen molar-refractivity contribution in [1.29, 1.82) is 0 Å². The van der Waals surface area contributed by atoms with Crippen molar-refractivity contribution in [3.05, 3.63) is 24.2 Å². The van der Waals surface area contributed by atoms with Crippen molar-refractivity contribution in [2.45, 2.75) is 44.7 Å². The van der Waals surface area contributed by atoms with Crippen LogP contribution in [0, 0.1) is 0 Å². The SMILES string of the molecule is CCC(CC)(C(Cc1ccoc1)NN)N(C)C. The lowest BCUT2D eigenvalue weighted by Gasteiger charge is -2.44. The molecule has 0 radical (unpaired) electrons. The van der Waals surface area contributed by atoms with Gasteiger partial charge in [0, 0.05) is 11.6 Å². The summed E-state index contributed by atoms with van der Waals surface area (Å²) in [6, 6.07) is 2.21. The van der Waals surface area contributed by atoms with Crippen molar-refractivity contribution in [2.24, 2.45) is 5.84 Å². The zero-order chi connectivity index (χ0) is 12.9. The lowest BCUT2D eigenvalue weighted by molar-refractivity contribution is 0.0881. The van der Waals surface area contributed by atoms with Crippen molar-refractivity contribution in [3.8, 4) is 0 Å². The highest BCUT2D eigenvalue weighted by molar-refractivity contribution is 5.11. The fourth-order valence-corrected chi connectivity index (χ4v) is 2.74. The molecule has 1 unspecified atom stereocenters. The molecule has 98 valence electrons. The molecule has 4 nitrogen and oxygen atoms in total. The summed E-state index contributed by atoms with van der Waals surface area (Å²) in [5, 5.41) is 0. The normalized spacial score (nSPS) is 14.2. The molecule has 0 spiro atoms. The maximum absolute atomic E-state index is 5.76. The van der Waals surface area contributed by atoms with Gasteiger partial charge in [0.25, 0.3) is 0 Å². The van der Waals surface area contributed by atoms with Crippen molar-refractivity contribution < 1.29 is 4.42 Å². The third-order valence-electron chi connectivity index (χ3n) is 3.98. The number of nitrogens with zero attached hydrogens (tertiary/aromatic N) is 1. The van der Waals surface area contributed by atoms with E-state index in [1.165, 1.54) is 5.56 Å². The van der Waals surface area contributed by atoms with Crippen LogP contribution in [0.3, 0.4) is 0 Å². The predicted octanol–water partition coefficient (Wildman–Crippen LogP) is 1.77. The first-order chi connectivity index (χ1) is 8.10. The Morgan fingerprint density at radius 2 is 2.06 bits per heavy atom. The van der Waals surface area contributed by atoms with Gasteiger partial charge in [0.1, 0.15) is 0 Å². The molecule has 0 saturated carbocycles. The highest BCUT2D eigenvalue weighted by Crippen LogP contribution is 2.27. The Morgan fingerprint density at radius 1 is 1.41 bits per heavy atom. The third kappa shape index (κ3) is 2.89. The molecule has 1 rings (SSSR count). The first-order valence-corrected chi connectivity index (χ1v) is 6.25. The zero-order valence-electron chi connectivity index (χ0n) is 11.4. The molecule has 0 fully saturated rings. The molecule has 17 heavy (non-hydrogen) atoms. The topological polar surface area (TPSA) is 54.4 Å². The van der Waals surface area contributed by atoms with Gasteiger partial charge in [-0.25, -0.2) is 0 Å². The molecular formula is C13H25N3O. The molecular weight excluding hydrogens is 214 g/mol. The van der Waals surface area contributed by atoms with Crippen LogP contribution in [0.15, 0.2) is 23.0 Å². The number of hydrazine groups is 1. The van der Waals surface area contributed by atoms with E-state index in [1.54, 1.807) is 12.5 Å². The number of nitrogens with one attached hydrogen (secondary N) is 1. The minimum Gasteiger partial charge on any atom is -0.472 e. The highest BCUT2D eigenvalue weighted by atomic mass is 16.3. The number of nitrogens with two attached hydrogens (primary N) is 1. The molecule has 0 bridgehead atoms. The van der Waals surface area contributed by atoms with Crippen molar-refractivity contribution in [1.82, 2.24) is 10.3 Å². The maximum atomic E-state index is 5.76. The monoisotopic (exact) mass is 239 g/mol. The fraction of sp³-hybridized carbons (Fsp3) is 0.692. The summed E-state index contributed by atoms with van der Waals surface area (Å²) >= 11 is 0. The van der Waals surface area contributed by atoms with Crippen LogP contribution in [-0.4, -0.2) is 30.6 Å². The minimum absolute atomic E-state index is 0.0754. The van der Waals surface area contributed by atoms with Crippen LogP contribution in [0.5, 0.6) is 0 Å². The van der Waals surface area contributed by atoms with E-state index in [-0.39, 0.29) is 11.6 Å². The lowest BCUT2D eigenvalue weighted by Crippen LogP contribution is -2.61. The van der Waals surface area contributed by atoms with Gasteiger partial charge in [-0.1, -0.05) is 13.8 Å². The number of hydrogen-bond donors (Lipinski definition) is 2. The molecule has 0 aromatic carbocycles. The van der Waals surface area contributed by atoms with Gasteiger partial charge in [0.05, 0.1) is 12.5 Å². The van der Waals surface area contributed by atoms with E-state index >= 15 is 0 Å². The van der Waals surface area contributed by atoms with E-state index in [0.717, 1.165) is 19.3 Å². The number of furan rings is 1. The average Bonchev–Trinajstić information content (AvgIpc) is 2.82. The Hall–Kier alpha value is -0.840. The number of rotatable bonds is 7. The van der Waals surface area contributed by atoms with Gasteiger partial charge in [0.15, 0.2) is 0 Å². The molecule has 3 N–H and O–H groups in total. The van der Waals surface area contributed by atoms with Gasteiger partial charge in [-0.15, -0.1) is 0 Å². The molecule has 1 heterocycles.